The molecule has 0 radical (unpaired) electrons. The Labute approximate surface area is 125 Å². The van der Waals surface area contributed by atoms with Gasteiger partial charge < -0.3 is 19.3 Å². The van der Waals surface area contributed by atoms with Gasteiger partial charge in [0.15, 0.2) is 0 Å². The lowest BCUT2D eigenvalue weighted by molar-refractivity contribution is -0.0907. The number of aliphatic hydroxyl groups is 1. The Bertz CT molecular complexity index is 500. The van der Waals surface area contributed by atoms with E-state index in [1.807, 2.05) is 0 Å². The molecule has 1 N–H and O–H groups in total. The minimum absolute atomic E-state index is 0.280. The molecule has 0 amide bonds. The summed E-state index contributed by atoms with van der Waals surface area (Å²) in [5.41, 5.74) is -1.58. The molecule has 0 saturated carbocycles. The van der Waals surface area contributed by atoms with Gasteiger partial charge in [0.05, 0.1) is 19.3 Å². The van der Waals surface area contributed by atoms with Gasteiger partial charge in [-0.05, 0) is 52.8 Å². The maximum absolute atomic E-state index is 11.9. The first kappa shape index (κ1) is 17.3. The number of carbonyl (C=O) groups is 1. The van der Waals surface area contributed by atoms with Crippen LogP contribution in [0.1, 0.15) is 45.0 Å². The van der Waals surface area contributed by atoms with E-state index in [-0.39, 0.29) is 6.61 Å². The first-order chi connectivity index (χ1) is 9.62. The molecule has 0 spiro atoms. The first-order valence-corrected chi connectivity index (χ1v) is 6.89. The maximum atomic E-state index is 11.9. The number of carbonyl (C=O) groups excluding carboxylic acids is 1. The Morgan fingerprint density at radius 2 is 1.86 bits per heavy atom. The summed E-state index contributed by atoms with van der Waals surface area (Å²) in [7, 11) is 1.49. The summed E-state index contributed by atoms with van der Waals surface area (Å²) in [6.07, 6.45) is 0. The van der Waals surface area contributed by atoms with Crippen LogP contribution in [0.15, 0.2) is 18.2 Å². The molecule has 21 heavy (non-hydrogen) atoms. The highest BCUT2D eigenvalue weighted by Gasteiger charge is 2.37. The van der Waals surface area contributed by atoms with Crippen LogP contribution in [0, 0.1) is 0 Å². The fourth-order valence-corrected chi connectivity index (χ4v) is 1.54. The molecule has 0 aliphatic carbocycles. The van der Waals surface area contributed by atoms with Gasteiger partial charge in [0.2, 0.25) is 0 Å². The first-order valence-electron chi connectivity index (χ1n) is 6.89. The van der Waals surface area contributed by atoms with Crippen molar-refractivity contribution >= 4 is 5.97 Å². The Hall–Kier alpha value is -1.75. The smallest absolute Gasteiger partial charge is 0.342 e. The number of rotatable bonds is 6. The van der Waals surface area contributed by atoms with Gasteiger partial charge in [-0.2, -0.15) is 0 Å². The number of ether oxygens (including phenoxy) is 3. The van der Waals surface area contributed by atoms with Crippen LogP contribution in [0.3, 0.4) is 0 Å². The van der Waals surface area contributed by atoms with E-state index in [0.29, 0.717) is 17.1 Å². The fourth-order valence-electron chi connectivity index (χ4n) is 1.54. The average Bonchev–Trinajstić information content (AvgIpc) is 2.37. The van der Waals surface area contributed by atoms with Gasteiger partial charge in [0.1, 0.15) is 22.7 Å². The van der Waals surface area contributed by atoms with Crippen LogP contribution in [0.4, 0.5) is 0 Å². The molecule has 0 saturated heterocycles. The molecular weight excluding hydrogens is 272 g/mol. The van der Waals surface area contributed by atoms with Crippen molar-refractivity contribution in [2.45, 2.75) is 45.8 Å². The van der Waals surface area contributed by atoms with E-state index in [2.05, 4.69) is 0 Å². The predicted octanol–water partition coefficient (Wildman–Crippen LogP) is 2.80. The highest BCUT2D eigenvalue weighted by atomic mass is 16.5. The molecule has 0 fully saturated rings. The normalized spacial score (nSPS) is 12.0. The third-order valence-electron chi connectivity index (χ3n) is 3.51. The molecule has 1 rings (SSSR count). The molecule has 0 bridgehead atoms. The van der Waals surface area contributed by atoms with Crippen molar-refractivity contribution in [2.75, 3.05) is 13.7 Å². The van der Waals surface area contributed by atoms with E-state index < -0.39 is 17.2 Å². The minimum atomic E-state index is -1.04. The summed E-state index contributed by atoms with van der Waals surface area (Å²) in [4.78, 5) is 11.9. The van der Waals surface area contributed by atoms with Gasteiger partial charge >= 0.3 is 5.97 Å². The Morgan fingerprint density at radius 3 is 2.33 bits per heavy atom. The number of methoxy groups -OCH3 is 1. The van der Waals surface area contributed by atoms with Crippen molar-refractivity contribution in [1.82, 2.24) is 0 Å². The van der Waals surface area contributed by atoms with Crippen LogP contribution in [0.2, 0.25) is 0 Å². The standard InChI is InChI=1S/C16H24O5/c1-7-20-14(17)12-10-11(8-9-13(12)19-6)21-16(4,5)15(2,3)18/h8-10,18H,7H2,1-6H3. The zero-order chi connectivity index (χ0) is 16.3. The van der Waals surface area contributed by atoms with Gasteiger partial charge in [-0.15, -0.1) is 0 Å². The van der Waals surface area contributed by atoms with E-state index in [1.54, 1.807) is 52.8 Å². The van der Waals surface area contributed by atoms with Crippen LogP contribution in [0.25, 0.3) is 0 Å². The largest absolute Gasteiger partial charge is 0.496 e. The molecule has 0 aliphatic rings. The number of hydrogen-bond donors (Lipinski definition) is 1. The van der Waals surface area contributed by atoms with E-state index in [1.165, 1.54) is 7.11 Å². The van der Waals surface area contributed by atoms with Crippen molar-refractivity contribution in [1.29, 1.82) is 0 Å². The summed E-state index contributed by atoms with van der Waals surface area (Å²) in [5.74, 6) is 0.411. The third-order valence-corrected chi connectivity index (χ3v) is 3.51. The molecule has 0 aromatic heterocycles. The second-order valence-electron chi connectivity index (χ2n) is 5.75. The van der Waals surface area contributed by atoms with E-state index in [4.69, 9.17) is 14.2 Å². The Morgan fingerprint density at radius 1 is 1.24 bits per heavy atom. The number of hydrogen-bond acceptors (Lipinski definition) is 5. The number of benzene rings is 1. The highest BCUT2D eigenvalue weighted by Crippen LogP contribution is 2.31. The van der Waals surface area contributed by atoms with Crippen molar-refractivity contribution in [2.24, 2.45) is 0 Å². The third kappa shape index (κ3) is 4.11. The number of esters is 1. The summed E-state index contributed by atoms with van der Waals surface area (Å²) in [5, 5.41) is 10.1. The molecule has 1 aromatic carbocycles. The minimum Gasteiger partial charge on any atom is -0.496 e. The zero-order valence-electron chi connectivity index (χ0n) is 13.5. The Kier molecular flexibility index (Phi) is 5.23. The van der Waals surface area contributed by atoms with Crippen molar-refractivity contribution < 1.29 is 24.1 Å². The molecule has 0 unspecified atom stereocenters. The van der Waals surface area contributed by atoms with Crippen molar-refractivity contribution in [3.8, 4) is 11.5 Å². The van der Waals surface area contributed by atoms with Gasteiger partial charge in [-0.25, -0.2) is 4.79 Å². The van der Waals surface area contributed by atoms with E-state index >= 15 is 0 Å². The summed E-state index contributed by atoms with van der Waals surface area (Å²) >= 11 is 0. The van der Waals surface area contributed by atoms with E-state index in [0.717, 1.165) is 0 Å². The quantitative estimate of drug-likeness (QED) is 0.818. The zero-order valence-corrected chi connectivity index (χ0v) is 13.5. The SMILES string of the molecule is CCOC(=O)c1cc(OC(C)(C)C(C)(C)O)ccc1OC. The molecular formula is C16H24O5. The molecule has 0 atom stereocenters. The van der Waals surface area contributed by atoms with Crippen LogP contribution in [-0.2, 0) is 4.74 Å². The Balaban J connectivity index is 3.11. The lowest BCUT2D eigenvalue weighted by Gasteiger charge is -2.37. The van der Waals surface area contributed by atoms with Crippen molar-refractivity contribution in [3.63, 3.8) is 0 Å². The summed E-state index contributed by atoms with van der Waals surface area (Å²) < 4.78 is 16.0. The molecule has 1 aromatic rings. The monoisotopic (exact) mass is 296 g/mol. The van der Waals surface area contributed by atoms with Gasteiger partial charge in [-0.1, -0.05) is 0 Å². The lowest BCUT2D eigenvalue weighted by atomic mass is 9.89. The molecule has 5 heteroatoms. The second-order valence-corrected chi connectivity index (χ2v) is 5.75. The van der Waals surface area contributed by atoms with Crippen LogP contribution >= 0.6 is 0 Å². The van der Waals surface area contributed by atoms with Crippen LogP contribution < -0.4 is 9.47 Å². The fraction of sp³-hybridized carbons (Fsp3) is 0.562. The van der Waals surface area contributed by atoms with Crippen LogP contribution in [0.5, 0.6) is 11.5 Å². The summed E-state index contributed by atoms with van der Waals surface area (Å²) in [6, 6.07) is 4.89. The summed E-state index contributed by atoms with van der Waals surface area (Å²) in [6.45, 7) is 8.92. The lowest BCUT2D eigenvalue weighted by Crippen LogP contribution is -2.49. The van der Waals surface area contributed by atoms with Crippen LogP contribution in [-0.4, -0.2) is 36.0 Å². The predicted molar refractivity (Wildman–Crippen MR) is 80.0 cm³/mol. The second kappa shape index (κ2) is 6.35. The van der Waals surface area contributed by atoms with Gasteiger partial charge in [-0.3, -0.25) is 0 Å². The average molecular weight is 296 g/mol. The molecule has 118 valence electrons. The molecule has 5 nitrogen and oxygen atoms in total. The molecule has 0 aliphatic heterocycles. The van der Waals surface area contributed by atoms with E-state index in [9.17, 15) is 9.90 Å². The topological polar surface area (TPSA) is 65.0 Å². The molecule has 0 heterocycles. The highest BCUT2D eigenvalue weighted by molar-refractivity contribution is 5.93. The van der Waals surface area contributed by atoms with Gasteiger partial charge in [0, 0.05) is 0 Å². The van der Waals surface area contributed by atoms with Gasteiger partial charge in [0.25, 0.3) is 0 Å². The maximum Gasteiger partial charge on any atom is 0.342 e. The van der Waals surface area contributed by atoms with Crippen molar-refractivity contribution in [3.05, 3.63) is 23.8 Å².